The highest BCUT2D eigenvalue weighted by Gasteiger charge is 2.53. The van der Waals surface area contributed by atoms with Crippen LogP contribution >= 0.6 is 0 Å². The number of carbonyl (C=O) groups excluding carboxylic acids is 3. The van der Waals surface area contributed by atoms with Crippen molar-refractivity contribution < 1.29 is 28.6 Å². The molecule has 168 valence electrons. The number of hydrogen-bond donors (Lipinski definition) is 2. The number of imide groups is 1. The lowest BCUT2D eigenvalue weighted by Gasteiger charge is -2.27. The monoisotopic (exact) mass is 439 g/mol. The molecule has 0 aliphatic carbocycles. The van der Waals surface area contributed by atoms with Gasteiger partial charge in [-0.3, -0.25) is 9.59 Å². The Morgan fingerprint density at radius 1 is 1.16 bits per heavy atom. The van der Waals surface area contributed by atoms with Gasteiger partial charge in [-0.15, -0.1) is 0 Å². The van der Waals surface area contributed by atoms with E-state index in [-0.39, 0.29) is 0 Å². The normalized spacial score (nSPS) is 20.5. The molecule has 2 aromatic rings. The molecule has 2 N–H and O–H groups in total. The molecule has 1 fully saturated rings. The summed E-state index contributed by atoms with van der Waals surface area (Å²) in [6.45, 7) is 4.22. The first-order valence-corrected chi connectivity index (χ1v) is 10.4. The Morgan fingerprint density at radius 2 is 1.84 bits per heavy atom. The summed E-state index contributed by atoms with van der Waals surface area (Å²) in [5.74, 6) is 0.803. The standard InChI is InChI=1S/C23H25N3O6/c1-4-23(15-5-8-17(30-3)9-6-15)21(28)26(22(29)25-23)14(2)20(27)24-16-7-10-18-19(13-16)32-12-11-31-18/h5-10,13-14H,4,11-12H2,1-3H3,(H,24,27)(H,25,29). The number of nitrogens with zero attached hydrogens (tertiary/aromatic N) is 1. The van der Waals surface area contributed by atoms with E-state index in [1.54, 1.807) is 49.6 Å². The molecule has 9 heteroatoms. The van der Waals surface area contributed by atoms with Gasteiger partial charge >= 0.3 is 6.03 Å². The second-order valence-corrected chi connectivity index (χ2v) is 7.62. The van der Waals surface area contributed by atoms with Gasteiger partial charge in [0.1, 0.15) is 30.5 Å². The Balaban J connectivity index is 1.54. The third-order valence-corrected chi connectivity index (χ3v) is 5.81. The Bertz CT molecular complexity index is 1050. The summed E-state index contributed by atoms with van der Waals surface area (Å²) >= 11 is 0. The van der Waals surface area contributed by atoms with Gasteiger partial charge in [0, 0.05) is 11.8 Å². The van der Waals surface area contributed by atoms with E-state index in [4.69, 9.17) is 14.2 Å². The van der Waals surface area contributed by atoms with Crippen LogP contribution in [0.5, 0.6) is 17.2 Å². The quantitative estimate of drug-likeness (QED) is 0.671. The third kappa shape index (κ3) is 3.59. The average Bonchev–Trinajstić information content (AvgIpc) is 3.08. The minimum atomic E-state index is -1.24. The van der Waals surface area contributed by atoms with Crippen LogP contribution in [0.3, 0.4) is 0 Å². The number of anilines is 1. The van der Waals surface area contributed by atoms with Crippen molar-refractivity contribution in [1.29, 1.82) is 0 Å². The predicted molar refractivity (Wildman–Crippen MR) is 116 cm³/mol. The summed E-state index contributed by atoms with van der Waals surface area (Å²) in [6.07, 6.45) is 0.330. The number of nitrogens with one attached hydrogen (secondary N) is 2. The SMILES string of the molecule is CCC1(c2ccc(OC)cc2)NC(=O)N(C(C)C(=O)Nc2ccc3c(c2)OCCO3)C1=O. The zero-order valence-corrected chi connectivity index (χ0v) is 18.1. The highest BCUT2D eigenvalue weighted by Crippen LogP contribution is 2.35. The number of hydrogen-bond acceptors (Lipinski definition) is 6. The zero-order chi connectivity index (χ0) is 22.9. The van der Waals surface area contributed by atoms with Gasteiger partial charge in [-0.25, -0.2) is 9.69 Å². The molecule has 2 aromatic carbocycles. The van der Waals surface area contributed by atoms with Crippen molar-refractivity contribution in [2.75, 3.05) is 25.6 Å². The molecule has 4 rings (SSSR count). The van der Waals surface area contributed by atoms with Crippen LogP contribution in [0.4, 0.5) is 10.5 Å². The van der Waals surface area contributed by atoms with E-state index in [0.29, 0.717) is 48.1 Å². The van der Waals surface area contributed by atoms with Gasteiger partial charge in [0.05, 0.1) is 7.11 Å². The highest BCUT2D eigenvalue weighted by molar-refractivity contribution is 6.11. The molecule has 4 amide bonds. The molecule has 2 heterocycles. The van der Waals surface area contributed by atoms with Gasteiger partial charge in [0.2, 0.25) is 5.91 Å². The van der Waals surface area contributed by atoms with Crippen LogP contribution in [0, 0.1) is 0 Å². The molecule has 0 saturated carbocycles. The molecule has 0 aromatic heterocycles. The van der Waals surface area contributed by atoms with Gasteiger partial charge in [-0.2, -0.15) is 0 Å². The Morgan fingerprint density at radius 3 is 2.50 bits per heavy atom. The largest absolute Gasteiger partial charge is 0.497 e. The van der Waals surface area contributed by atoms with Crippen molar-refractivity contribution in [1.82, 2.24) is 10.2 Å². The summed E-state index contributed by atoms with van der Waals surface area (Å²) in [7, 11) is 1.55. The van der Waals surface area contributed by atoms with Crippen molar-refractivity contribution in [2.45, 2.75) is 31.8 Å². The molecule has 2 aliphatic heterocycles. The number of amides is 4. The molecule has 0 bridgehead atoms. The minimum absolute atomic E-state index is 0.330. The summed E-state index contributed by atoms with van der Waals surface area (Å²) in [4.78, 5) is 40.1. The number of carbonyl (C=O) groups is 3. The van der Waals surface area contributed by atoms with Crippen LogP contribution in [0.25, 0.3) is 0 Å². The van der Waals surface area contributed by atoms with Crippen molar-refractivity contribution >= 4 is 23.5 Å². The van der Waals surface area contributed by atoms with Gasteiger partial charge in [0.25, 0.3) is 5.91 Å². The van der Waals surface area contributed by atoms with Gasteiger partial charge in [-0.1, -0.05) is 19.1 Å². The maximum Gasteiger partial charge on any atom is 0.326 e. The maximum atomic E-state index is 13.4. The summed E-state index contributed by atoms with van der Waals surface area (Å²) in [6, 6.07) is 10.3. The highest BCUT2D eigenvalue weighted by atomic mass is 16.6. The van der Waals surface area contributed by atoms with Crippen molar-refractivity contribution in [3.8, 4) is 17.2 Å². The molecule has 32 heavy (non-hydrogen) atoms. The van der Waals surface area contributed by atoms with Crippen molar-refractivity contribution in [2.24, 2.45) is 0 Å². The van der Waals surface area contributed by atoms with Crippen LogP contribution in [0.1, 0.15) is 25.8 Å². The van der Waals surface area contributed by atoms with E-state index in [0.717, 1.165) is 4.90 Å². The lowest BCUT2D eigenvalue weighted by Crippen LogP contribution is -2.47. The van der Waals surface area contributed by atoms with E-state index >= 15 is 0 Å². The lowest BCUT2D eigenvalue weighted by atomic mass is 9.87. The molecular weight excluding hydrogens is 414 g/mol. The Labute approximate surface area is 185 Å². The van der Waals surface area contributed by atoms with Crippen molar-refractivity contribution in [3.05, 3.63) is 48.0 Å². The topological polar surface area (TPSA) is 106 Å². The van der Waals surface area contributed by atoms with Crippen molar-refractivity contribution in [3.63, 3.8) is 0 Å². The summed E-state index contributed by atoms with van der Waals surface area (Å²) in [5.41, 5.74) is -0.134. The molecule has 1 saturated heterocycles. The lowest BCUT2D eigenvalue weighted by molar-refractivity contribution is -0.136. The molecular formula is C23H25N3O6. The van der Waals surface area contributed by atoms with Crippen LogP contribution < -0.4 is 24.8 Å². The number of methoxy groups -OCH3 is 1. The average molecular weight is 439 g/mol. The number of fused-ring (bicyclic) bond motifs is 1. The Hall–Kier alpha value is -3.75. The minimum Gasteiger partial charge on any atom is -0.497 e. The number of ether oxygens (including phenoxy) is 3. The third-order valence-electron chi connectivity index (χ3n) is 5.81. The summed E-state index contributed by atoms with van der Waals surface area (Å²) in [5, 5.41) is 5.54. The molecule has 2 aliphatic rings. The fourth-order valence-electron chi connectivity index (χ4n) is 3.95. The van der Waals surface area contributed by atoms with Crippen LogP contribution in [-0.4, -0.2) is 49.1 Å². The molecule has 0 radical (unpaired) electrons. The van der Waals surface area contributed by atoms with Gasteiger partial charge in [-0.05, 0) is 43.2 Å². The second-order valence-electron chi connectivity index (χ2n) is 7.62. The fourth-order valence-corrected chi connectivity index (χ4v) is 3.95. The van der Waals surface area contributed by atoms with E-state index in [2.05, 4.69) is 10.6 Å². The van der Waals surface area contributed by atoms with E-state index < -0.39 is 29.4 Å². The van der Waals surface area contributed by atoms with Crippen LogP contribution in [0.2, 0.25) is 0 Å². The maximum absolute atomic E-state index is 13.4. The molecule has 2 atom stereocenters. The Kier molecular flexibility index (Phi) is 5.65. The van der Waals surface area contributed by atoms with E-state index in [1.165, 1.54) is 6.92 Å². The number of benzene rings is 2. The predicted octanol–water partition coefficient (Wildman–Crippen LogP) is 2.65. The van der Waals surface area contributed by atoms with Gasteiger partial charge in [0.15, 0.2) is 11.5 Å². The smallest absolute Gasteiger partial charge is 0.326 e. The number of rotatable bonds is 6. The fraction of sp³-hybridized carbons (Fsp3) is 0.348. The van der Waals surface area contributed by atoms with E-state index in [1.807, 2.05) is 6.92 Å². The molecule has 0 spiro atoms. The number of urea groups is 1. The van der Waals surface area contributed by atoms with Crippen LogP contribution in [0.15, 0.2) is 42.5 Å². The van der Waals surface area contributed by atoms with E-state index in [9.17, 15) is 14.4 Å². The van der Waals surface area contributed by atoms with Crippen LogP contribution in [-0.2, 0) is 15.1 Å². The first-order chi connectivity index (χ1) is 15.4. The zero-order valence-electron chi connectivity index (χ0n) is 18.1. The second kappa shape index (κ2) is 8.41. The molecule has 9 nitrogen and oxygen atoms in total. The summed E-state index contributed by atoms with van der Waals surface area (Å²) < 4.78 is 16.2. The first-order valence-electron chi connectivity index (χ1n) is 10.4. The first kappa shape index (κ1) is 21.5. The van der Waals surface area contributed by atoms with Gasteiger partial charge < -0.3 is 24.8 Å². The molecule has 2 unspecified atom stereocenters.